The second kappa shape index (κ2) is 7.35. The molecule has 3 aromatic heterocycles. The molecule has 0 bridgehead atoms. The van der Waals surface area contributed by atoms with Crippen LogP contribution in [-0.2, 0) is 13.5 Å². The van der Waals surface area contributed by atoms with Gasteiger partial charge in [0.05, 0.1) is 23.4 Å². The summed E-state index contributed by atoms with van der Waals surface area (Å²) < 4.78 is 7.22. The predicted octanol–water partition coefficient (Wildman–Crippen LogP) is 2.33. The molecule has 8 nitrogen and oxygen atoms in total. The zero-order valence-corrected chi connectivity index (χ0v) is 15.0. The van der Waals surface area contributed by atoms with Gasteiger partial charge in [-0.1, -0.05) is 20.3 Å². The lowest BCUT2D eigenvalue weighted by Crippen LogP contribution is -2.13. The number of aryl methyl sites for hydroxylation is 2. The molecule has 26 heavy (non-hydrogen) atoms. The molecule has 0 saturated heterocycles. The van der Waals surface area contributed by atoms with Gasteiger partial charge in [0.1, 0.15) is 17.4 Å². The molecule has 3 aromatic rings. The van der Waals surface area contributed by atoms with Crippen LogP contribution in [0.25, 0.3) is 22.4 Å². The Hall–Kier alpha value is -3.21. The van der Waals surface area contributed by atoms with E-state index in [0.717, 1.165) is 25.0 Å². The third-order valence-electron chi connectivity index (χ3n) is 3.93. The lowest BCUT2D eigenvalue weighted by atomic mass is 10.2. The molecule has 3 rings (SSSR count). The summed E-state index contributed by atoms with van der Waals surface area (Å²) in [4.78, 5) is 24.2. The van der Waals surface area contributed by atoms with Gasteiger partial charge in [-0.05, 0) is 18.9 Å². The minimum absolute atomic E-state index is 0.286. The van der Waals surface area contributed by atoms with E-state index in [1.165, 1.54) is 6.20 Å². The third-order valence-corrected chi connectivity index (χ3v) is 3.93. The van der Waals surface area contributed by atoms with Crippen molar-refractivity contribution >= 4 is 11.0 Å². The maximum Gasteiger partial charge on any atom is 0.277 e. The molecule has 0 fully saturated rings. The van der Waals surface area contributed by atoms with Gasteiger partial charge in [0.15, 0.2) is 5.52 Å². The number of hydrogen-bond donors (Lipinski definition) is 1. The Morgan fingerprint density at radius 2 is 2.15 bits per heavy atom. The van der Waals surface area contributed by atoms with E-state index in [1.54, 1.807) is 17.8 Å². The summed E-state index contributed by atoms with van der Waals surface area (Å²) in [5.41, 5.74) is 2.34. The number of aromatic nitrogens is 5. The highest BCUT2D eigenvalue weighted by Gasteiger charge is 2.18. The summed E-state index contributed by atoms with van der Waals surface area (Å²) in [6.45, 7) is 4.51. The Balaban J connectivity index is 2.23. The van der Waals surface area contributed by atoms with Crippen molar-refractivity contribution in [2.75, 3.05) is 6.61 Å². The number of fused-ring (bicyclic) bond motifs is 1. The van der Waals surface area contributed by atoms with Crippen LogP contribution in [0, 0.1) is 11.3 Å². The molecule has 8 heteroatoms. The average molecular weight is 352 g/mol. The number of hydrogen-bond acceptors (Lipinski definition) is 6. The van der Waals surface area contributed by atoms with Crippen molar-refractivity contribution in [3.05, 3.63) is 33.9 Å². The first-order valence-corrected chi connectivity index (χ1v) is 8.58. The molecule has 0 atom stereocenters. The van der Waals surface area contributed by atoms with Gasteiger partial charge in [0.2, 0.25) is 5.88 Å². The van der Waals surface area contributed by atoms with Crippen LogP contribution in [0.3, 0.4) is 0 Å². The monoisotopic (exact) mass is 352 g/mol. The number of nitrogens with zero attached hydrogens (tertiary/aromatic N) is 5. The van der Waals surface area contributed by atoms with Crippen LogP contribution in [0.1, 0.15) is 37.9 Å². The van der Waals surface area contributed by atoms with Gasteiger partial charge in [0.25, 0.3) is 5.56 Å². The summed E-state index contributed by atoms with van der Waals surface area (Å²) in [5, 5.41) is 13.6. The normalized spacial score (nSPS) is 10.8. The van der Waals surface area contributed by atoms with Crippen molar-refractivity contribution in [3.8, 4) is 23.3 Å². The number of pyridine rings is 1. The van der Waals surface area contributed by atoms with E-state index in [1.807, 2.05) is 13.8 Å². The second-order valence-corrected chi connectivity index (χ2v) is 5.97. The first-order valence-electron chi connectivity index (χ1n) is 8.58. The number of nitriles is 1. The fourth-order valence-corrected chi connectivity index (χ4v) is 2.78. The maximum absolute atomic E-state index is 12.6. The molecule has 0 unspecified atom stereocenters. The molecule has 0 aromatic carbocycles. The maximum atomic E-state index is 12.6. The average Bonchev–Trinajstić information content (AvgIpc) is 2.96. The van der Waals surface area contributed by atoms with Crippen molar-refractivity contribution in [2.24, 2.45) is 7.05 Å². The van der Waals surface area contributed by atoms with E-state index in [9.17, 15) is 10.1 Å². The highest BCUT2D eigenvalue weighted by atomic mass is 16.5. The van der Waals surface area contributed by atoms with E-state index in [2.05, 4.69) is 26.1 Å². The standard InChI is InChI=1S/C18H20N6O2/c1-4-6-13-14-15(24(3)23-13)17(25)22-16(21-14)12-8-11(9-19)10-20-18(12)26-7-5-2/h8,10H,4-7H2,1-3H3,(H,21,22,25). The van der Waals surface area contributed by atoms with Gasteiger partial charge in [-0.25, -0.2) is 9.97 Å². The zero-order chi connectivity index (χ0) is 18.7. The minimum atomic E-state index is -0.286. The number of nitrogens with one attached hydrogen (secondary N) is 1. The van der Waals surface area contributed by atoms with Gasteiger partial charge < -0.3 is 9.72 Å². The van der Waals surface area contributed by atoms with Gasteiger partial charge >= 0.3 is 0 Å². The number of rotatable bonds is 6. The van der Waals surface area contributed by atoms with Crippen LogP contribution in [0.4, 0.5) is 0 Å². The van der Waals surface area contributed by atoms with Crippen LogP contribution in [0.15, 0.2) is 17.1 Å². The molecule has 0 aliphatic carbocycles. The number of aromatic amines is 1. The molecule has 134 valence electrons. The fraction of sp³-hybridized carbons (Fsp3) is 0.389. The Morgan fingerprint density at radius 1 is 1.35 bits per heavy atom. The highest BCUT2D eigenvalue weighted by molar-refractivity contribution is 5.79. The number of ether oxygens (including phenoxy) is 1. The molecule has 0 saturated carbocycles. The van der Waals surface area contributed by atoms with Gasteiger partial charge in [0, 0.05) is 13.2 Å². The van der Waals surface area contributed by atoms with E-state index < -0.39 is 0 Å². The summed E-state index contributed by atoms with van der Waals surface area (Å²) in [5.74, 6) is 0.665. The molecule has 0 spiro atoms. The highest BCUT2D eigenvalue weighted by Crippen LogP contribution is 2.27. The molecule has 0 aliphatic heterocycles. The molecule has 0 aliphatic rings. The van der Waals surface area contributed by atoms with Gasteiger partial charge in [-0.15, -0.1) is 0 Å². The van der Waals surface area contributed by atoms with Crippen molar-refractivity contribution < 1.29 is 4.74 Å². The minimum Gasteiger partial charge on any atom is -0.477 e. The molecular formula is C18H20N6O2. The largest absolute Gasteiger partial charge is 0.477 e. The molecule has 0 amide bonds. The first kappa shape index (κ1) is 17.6. The van der Waals surface area contributed by atoms with Gasteiger partial charge in [-0.3, -0.25) is 9.48 Å². The topological polar surface area (TPSA) is 109 Å². The molecule has 0 radical (unpaired) electrons. The Kier molecular flexibility index (Phi) is 4.98. The van der Waals surface area contributed by atoms with Crippen molar-refractivity contribution in [2.45, 2.75) is 33.1 Å². The summed E-state index contributed by atoms with van der Waals surface area (Å²) in [7, 11) is 1.73. The summed E-state index contributed by atoms with van der Waals surface area (Å²) >= 11 is 0. The second-order valence-electron chi connectivity index (χ2n) is 5.97. The van der Waals surface area contributed by atoms with E-state index >= 15 is 0 Å². The smallest absolute Gasteiger partial charge is 0.277 e. The Morgan fingerprint density at radius 3 is 2.85 bits per heavy atom. The van der Waals surface area contributed by atoms with E-state index in [4.69, 9.17) is 4.74 Å². The van der Waals surface area contributed by atoms with Crippen molar-refractivity contribution in [3.63, 3.8) is 0 Å². The van der Waals surface area contributed by atoms with Gasteiger partial charge in [-0.2, -0.15) is 10.4 Å². The summed E-state index contributed by atoms with van der Waals surface area (Å²) in [6.07, 6.45) is 3.88. The van der Waals surface area contributed by atoms with E-state index in [-0.39, 0.29) is 5.56 Å². The van der Waals surface area contributed by atoms with E-state index in [0.29, 0.717) is 40.5 Å². The van der Waals surface area contributed by atoms with Crippen molar-refractivity contribution in [1.29, 1.82) is 5.26 Å². The molecule has 1 N–H and O–H groups in total. The lowest BCUT2D eigenvalue weighted by Gasteiger charge is -2.09. The van der Waals surface area contributed by atoms with Crippen LogP contribution in [-0.4, -0.2) is 31.3 Å². The predicted molar refractivity (Wildman–Crippen MR) is 96.9 cm³/mol. The third kappa shape index (κ3) is 3.16. The van der Waals surface area contributed by atoms with Crippen LogP contribution >= 0.6 is 0 Å². The fourth-order valence-electron chi connectivity index (χ4n) is 2.78. The lowest BCUT2D eigenvalue weighted by molar-refractivity contribution is 0.306. The number of H-pyrrole nitrogens is 1. The SMILES string of the molecule is CCCOc1ncc(C#N)cc1-c1nc2c(CCC)nn(C)c2c(=O)[nH]1. The van der Waals surface area contributed by atoms with Crippen LogP contribution in [0.2, 0.25) is 0 Å². The first-order chi connectivity index (χ1) is 12.6. The molecular weight excluding hydrogens is 332 g/mol. The zero-order valence-electron chi connectivity index (χ0n) is 15.0. The van der Waals surface area contributed by atoms with Crippen LogP contribution < -0.4 is 10.3 Å². The Bertz CT molecular complexity index is 1040. The Labute approximate surface area is 150 Å². The van der Waals surface area contributed by atoms with Crippen LogP contribution in [0.5, 0.6) is 5.88 Å². The van der Waals surface area contributed by atoms with Crippen molar-refractivity contribution in [1.82, 2.24) is 24.7 Å². The quantitative estimate of drug-likeness (QED) is 0.729. The molecule has 3 heterocycles. The summed E-state index contributed by atoms with van der Waals surface area (Å²) in [6, 6.07) is 3.68.